The predicted octanol–water partition coefficient (Wildman–Crippen LogP) is 4.25. The van der Waals surface area contributed by atoms with Gasteiger partial charge in [-0.05, 0) is 30.1 Å². The van der Waals surface area contributed by atoms with Gasteiger partial charge in [0.25, 0.3) is 0 Å². The Labute approximate surface area is 77.7 Å². The minimum absolute atomic E-state index is 0.772. The highest BCUT2D eigenvalue weighted by Gasteiger charge is 2.46. The van der Waals surface area contributed by atoms with E-state index >= 15 is 0 Å². The first-order valence-corrected chi connectivity index (χ1v) is 5.66. The summed E-state index contributed by atoms with van der Waals surface area (Å²) in [5.74, 6) is 1.90. The zero-order chi connectivity index (χ0) is 9.19. The van der Waals surface area contributed by atoms with Crippen molar-refractivity contribution in [2.24, 2.45) is 17.3 Å². The molecule has 0 nitrogen and oxygen atoms in total. The number of hydrogen-bond donors (Lipinski definition) is 0. The highest BCUT2D eigenvalue weighted by Crippen LogP contribution is 2.57. The standard InChI is InChI=1S/C12H24/c1-5-7-10(3)11(4)12(6-2)8-9-12/h10-11H,5-9H2,1-4H3. The minimum Gasteiger partial charge on any atom is -0.0654 e. The van der Waals surface area contributed by atoms with Crippen LogP contribution in [0.1, 0.15) is 59.8 Å². The van der Waals surface area contributed by atoms with Crippen LogP contribution >= 0.6 is 0 Å². The van der Waals surface area contributed by atoms with Gasteiger partial charge in [-0.1, -0.05) is 47.0 Å². The maximum atomic E-state index is 2.47. The molecule has 0 aromatic heterocycles. The molecule has 1 fully saturated rings. The average molecular weight is 168 g/mol. The zero-order valence-corrected chi connectivity index (χ0v) is 9.19. The molecule has 0 N–H and O–H groups in total. The summed E-state index contributed by atoms with van der Waals surface area (Å²) in [7, 11) is 0. The monoisotopic (exact) mass is 168 g/mol. The van der Waals surface area contributed by atoms with Gasteiger partial charge in [-0.3, -0.25) is 0 Å². The molecule has 0 aromatic carbocycles. The van der Waals surface area contributed by atoms with Gasteiger partial charge >= 0.3 is 0 Å². The fraction of sp³-hybridized carbons (Fsp3) is 1.00. The third-order valence-electron chi connectivity index (χ3n) is 4.16. The Bertz CT molecular complexity index is 133. The lowest BCUT2D eigenvalue weighted by Gasteiger charge is -2.27. The first-order valence-electron chi connectivity index (χ1n) is 5.66. The molecular weight excluding hydrogens is 144 g/mol. The van der Waals surface area contributed by atoms with E-state index in [2.05, 4.69) is 27.7 Å². The van der Waals surface area contributed by atoms with Gasteiger partial charge in [-0.25, -0.2) is 0 Å². The summed E-state index contributed by atoms with van der Waals surface area (Å²) in [5.41, 5.74) is 0.772. The maximum Gasteiger partial charge on any atom is -0.0271 e. The summed E-state index contributed by atoms with van der Waals surface area (Å²) in [5, 5.41) is 0. The summed E-state index contributed by atoms with van der Waals surface area (Å²) in [6.45, 7) is 9.57. The van der Waals surface area contributed by atoms with E-state index < -0.39 is 0 Å². The van der Waals surface area contributed by atoms with Crippen molar-refractivity contribution in [2.45, 2.75) is 59.8 Å². The predicted molar refractivity (Wildman–Crippen MR) is 55.2 cm³/mol. The smallest absolute Gasteiger partial charge is 0.0271 e. The second kappa shape index (κ2) is 3.81. The molecule has 0 radical (unpaired) electrons. The van der Waals surface area contributed by atoms with E-state index in [9.17, 15) is 0 Å². The van der Waals surface area contributed by atoms with Crippen molar-refractivity contribution in [1.29, 1.82) is 0 Å². The molecule has 0 aromatic rings. The molecule has 0 heterocycles. The van der Waals surface area contributed by atoms with Gasteiger partial charge in [0.15, 0.2) is 0 Å². The molecule has 2 atom stereocenters. The van der Waals surface area contributed by atoms with Crippen LogP contribution in [-0.2, 0) is 0 Å². The van der Waals surface area contributed by atoms with Crippen molar-refractivity contribution in [2.75, 3.05) is 0 Å². The Hall–Kier alpha value is 0. The van der Waals surface area contributed by atoms with Gasteiger partial charge < -0.3 is 0 Å². The molecule has 0 amide bonds. The zero-order valence-electron chi connectivity index (χ0n) is 9.19. The molecule has 1 aliphatic carbocycles. The van der Waals surface area contributed by atoms with E-state index in [4.69, 9.17) is 0 Å². The molecule has 0 aliphatic heterocycles. The third-order valence-corrected chi connectivity index (χ3v) is 4.16. The van der Waals surface area contributed by atoms with Crippen LogP contribution in [0.15, 0.2) is 0 Å². The van der Waals surface area contributed by atoms with Gasteiger partial charge in [-0.2, -0.15) is 0 Å². The van der Waals surface area contributed by atoms with E-state index in [0.29, 0.717) is 0 Å². The topological polar surface area (TPSA) is 0 Å². The van der Waals surface area contributed by atoms with E-state index in [-0.39, 0.29) is 0 Å². The number of hydrogen-bond acceptors (Lipinski definition) is 0. The van der Waals surface area contributed by atoms with E-state index in [0.717, 1.165) is 17.3 Å². The largest absolute Gasteiger partial charge is 0.0654 e. The van der Waals surface area contributed by atoms with Crippen molar-refractivity contribution >= 4 is 0 Å². The second-order valence-electron chi connectivity index (χ2n) is 4.77. The van der Waals surface area contributed by atoms with Crippen LogP contribution in [0.2, 0.25) is 0 Å². The summed E-state index contributed by atoms with van der Waals surface area (Å²) >= 11 is 0. The molecule has 12 heavy (non-hydrogen) atoms. The molecule has 1 rings (SSSR count). The van der Waals surface area contributed by atoms with Crippen molar-refractivity contribution in [3.05, 3.63) is 0 Å². The van der Waals surface area contributed by atoms with E-state index in [1.54, 1.807) is 0 Å². The van der Waals surface area contributed by atoms with Gasteiger partial charge in [0.2, 0.25) is 0 Å². The van der Waals surface area contributed by atoms with Crippen molar-refractivity contribution in [3.8, 4) is 0 Å². The average Bonchev–Trinajstić information content (AvgIpc) is 2.84. The van der Waals surface area contributed by atoms with E-state index in [1.165, 1.54) is 32.1 Å². The molecule has 0 heteroatoms. The highest BCUT2D eigenvalue weighted by molar-refractivity contribution is 4.96. The Morgan fingerprint density at radius 3 is 2.08 bits per heavy atom. The molecule has 0 bridgehead atoms. The fourth-order valence-electron chi connectivity index (χ4n) is 2.60. The van der Waals surface area contributed by atoms with Crippen molar-refractivity contribution in [3.63, 3.8) is 0 Å². The van der Waals surface area contributed by atoms with Crippen LogP contribution in [0.4, 0.5) is 0 Å². The Morgan fingerprint density at radius 1 is 1.17 bits per heavy atom. The molecule has 2 unspecified atom stereocenters. The van der Waals surface area contributed by atoms with Gasteiger partial charge in [0, 0.05) is 0 Å². The second-order valence-corrected chi connectivity index (χ2v) is 4.77. The van der Waals surface area contributed by atoms with Crippen LogP contribution in [-0.4, -0.2) is 0 Å². The highest BCUT2D eigenvalue weighted by atomic mass is 14.5. The fourth-order valence-corrected chi connectivity index (χ4v) is 2.60. The first kappa shape index (κ1) is 10.1. The molecule has 1 saturated carbocycles. The number of rotatable bonds is 5. The normalized spacial score (nSPS) is 25.0. The Morgan fingerprint density at radius 2 is 1.75 bits per heavy atom. The summed E-state index contributed by atoms with van der Waals surface area (Å²) in [6.07, 6.45) is 7.17. The van der Waals surface area contributed by atoms with E-state index in [1.807, 2.05) is 0 Å². The van der Waals surface area contributed by atoms with Crippen LogP contribution < -0.4 is 0 Å². The molecule has 0 spiro atoms. The quantitative estimate of drug-likeness (QED) is 0.575. The van der Waals surface area contributed by atoms with Crippen LogP contribution in [0, 0.1) is 17.3 Å². The van der Waals surface area contributed by atoms with Crippen LogP contribution in [0.25, 0.3) is 0 Å². The lowest BCUT2D eigenvalue weighted by molar-refractivity contribution is 0.221. The van der Waals surface area contributed by atoms with Crippen LogP contribution in [0.3, 0.4) is 0 Å². The van der Waals surface area contributed by atoms with Crippen molar-refractivity contribution in [1.82, 2.24) is 0 Å². The summed E-state index contributed by atoms with van der Waals surface area (Å²) in [6, 6.07) is 0. The van der Waals surface area contributed by atoms with Gasteiger partial charge in [0.05, 0.1) is 0 Å². The summed E-state index contributed by atoms with van der Waals surface area (Å²) in [4.78, 5) is 0. The van der Waals surface area contributed by atoms with Gasteiger partial charge in [0.1, 0.15) is 0 Å². The SMILES string of the molecule is CCCC(C)C(C)C1(CC)CC1. The molecule has 1 aliphatic rings. The summed E-state index contributed by atoms with van der Waals surface area (Å²) < 4.78 is 0. The molecule has 0 saturated heterocycles. The molecule has 72 valence electrons. The van der Waals surface area contributed by atoms with Gasteiger partial charge in [-0.15, -0.1) is 0 Å². The lowest BCUT2D eigenvalue weighted by Crippen LogP contribution is -2.19. The van der Waals surface area contributed by atoms with Crippen LogP contribution in [0.5, 0.6) is 0 Å². The van der Waals surface area contributed by atoms with Crippen molar-refractivity contribution < 1.29 is 0 Å². The third kappa shape index (κ3) is 1.84. The molecular formula is C12H24. The minimum atomic E-state index is 0.772. The Balaban J connectivity index is 2.40. The maximum absolute atomic E-state index is 2.47. The first-order chi connectivity index (χ1) is 5.66. The Kier molecular flexibility index (Phi) is 3.20. The lowest BCUT2D eigenvalue weighted by atomic mass is 9.78.